The number of aliphatic imine (C=N–C) groups is 2. The summed E-state index contributed by atoms with van der Waals surface area (Å²) < 4.78 is 11.0. The second kappa shape index (κ2) is 10.5. The summed E-state index contributed by atoms with van der Waals surface area (Å²) in [5.74, 6) is 1.83. The quantitative estimate of drug-likeness (QED) is 0.562. The van der Waals surface area contributed by atoms with Gasteiger partial charge in [-0.05, 0) is 85.5 Å². The van der Waals surface area contributed by atoms with Crippen molar-refractivity contribution in [3.8, 4) is 0 Å². The van der Waals surface area contributed by atoms with Crippen LogP contribution in [0.2, 0.25) is 0 Å². The normalized spacial score (nSPS) is 24.5. The second-order valence-corrected chi connectivity index (χ2v) is 10.2. The zero-order valence-electron chi connectivity index (χ0n) is 21.5. The van der Waals surface area contributed by atoms with Gasteiger partial charge in [0.1, 0.15) is 17.8 Å². The van der Waals surface area contributed by atoms with Crippen LogP contribution < -0.4 is 0 Å². The molecule has 1 aliphatic carbocycles. The lowest BCUT2D eigenvalue weighted by atomic mass is 9.87. The first-order valence-corrected chi connectivity index (χ1v) is 13.0. The Hall–Kier alpha value is -2.70. The van der Waals surface area contributed by atoms with Crippen molar-refractivity contribution in [2.24, 2.45) is 9.98 Å². The molecule has 1 aromatic heterocycles. The summed E-state index contributed by atoms with van der Waals surface area (Å²) in [6.07, 6.45) is 10.5. The molecule has 2 aliphatic heterocycles. The summed E-state index contributed by atoms with van der Waals surface area (Å²) in [6, 6.07) is 7.18. The molecule has 35 heavy (non-hydrogen) atoms. The van der Waals surface area contributed by atoms with Gasteiger partial charge in [0.25, 0.3) is 0 Å². The number of likely N-dealkylation sites (tertiary alicyclic amines) is 1. The van der Waals surface area contributed by atoms with Crippen LogP contribution in [0, 0.1) is 0 Å². The number of fused-ring (bicyclic) bond motifs is 2. The Morgan fingerprint density at radius 2 is 1.97 bits per heavy atom. The molecule has 1 N–H and O–H groups in total. The van der Waals surface area contributed by atoms with Gasteiger partial charge in [-0.3, -0.25) is 4.99 Å². The number of ether oxygens (including phenoxy) is 2. The van der Waals surface area contributed by atoms with Gasteiger partial charge in [-0.2, -0.15) is 0 Å². The number of nitrogens with one attached hydrogen (secondary N) is 1. The number of aromatic nitrogens is 1. The molecule has 3 aliphatic rings. The van der Waals surface area contributed by atoms with Gasteiger partial charge in [-0.15, -0.1) is 0 Å². The van der Waals surface area contributed by atoms with Crippen LogP contribution in [0.15, 0.2) is 46.1 Å². The van der Waals surface area contributed by atoms with Crippen LogP contribution in [0.4, 0.5) is 0 Å². The Labute approximate surface area is 208 Å². The molecule has 1 saturated heterocycles. The topological polar surface area (TPSA) is 62.2 Å². The number of rotatable bonds is 7. The molecule has 0 radical (unpaired) electrons. The van der Waals surface area contributed by atoms with Gasteiger partial charge in [0.15, 0.2) is 0 Å². The molecule has 0 bridgehead atoms. The van der Waals surface area contributed by atoms with Crippen molar-refractivity contribution < 1.29 is 9.47 Å². The summed E-state index contributed by atoms with van der Waals surface area (Å²) in [5.41, 5.74) is 7.39. The third kappa shape index (κ3) is 4.87. The average Bonchev–Trinajstić information content (AvgIpc) is 3.47. The number of allylic oxidation sites excluding steroid dienone is 3. The predicted molar refractivity (Wildman–Crippen MR) is 145 cm³/mol. The van der Waals surface area contributed by atoms with E-state index in [0.717, 1.165) is 50.6 Å². The molecule has 0 saturated carbocycles. The molecule has 0 amide bonds. The zero-order valence-corrected chi connectivity index (χ0v) is 21.5. The number of benzene rings is 1. The van der Waals surface area contributed by atoms with Gasteiger partial charge in [0, 0.05) is 30.3 Å². The Bertz CT molecular complexity index is 1180. The van der Waals surface area contributed by atoms with Gasteiger partial charge >= 0.3 is 0 Å². The number of aromatic amines is 1. The van der Waals surface area contributed by atoms with Crippen molar-refractivity contribution in [2.75, 3.05) is 40.5 Å². The van der Waals surface area contributed by atoms with Gasteiger partial charge < -0.3 is 19.4 Å². The van der Waals surface area contributed by atoms with Crippen molar-refractivity contribution in [2.45, 2.75) is 57.4 Å². The minimum Gasteiger partial charge on any atom is -0.495 e. The van der Waals surface area contributed by atoms with Gasteiger partial charge in [0.2, 0.25) is 0 Å². The van der Waals surface area contributed by atoms with E-state index in [1.165, 1.54) is 46.1 Å². The zero-order chi connectivity index (χ0) is 24.4. The van der Waals surface area contributed by atoms with E-state index in [9.17, 15) is 0 Å². The molecule has 1 unspecified atom stereocenters. The van der Waals surface area contributed by atoms with Crippen LogP contribution in [-0.2, 0) is 9.47 Å². The standard InChI is InChI=1S/C29H38N4O2/c1-19(2)27-23-16-21(20-10-12-33(13-11-20)14-15-34-3)8-9-24(23)32-28(27)22-6-5-7-25-29(31-18-30-25)26(17-22)35-4/h6,8-9,16-20,25,32H,5,7,10-15H2,1-4H3/b22-6+,26-17+. The number of hydrogen-bond donors (Lipinski definition) is 1. The Balaban J connectivity index is 1.47. The molecule has 6 nitrogen and oxygen atoms in total. The smallest absolute Gasteiger partial charge is 0.143 e. The monoisotopic (exact) mass is 474 g/mol. The lowest BCUT2D eigenvalue weighted by Gasteiger charge is -2.32. The Kier molecular flexibility index (Phi) is 7.21. The van der Waals surface area contributed by atoms with Crippen LogP contribution in [0.5, 0.6) is 0 Å². The van der Waals surface area contributed by atoms with E-state index in [-0.39, 0.29) is 6.04 Å². The van der Waals surface area contributed by atoms with Crippen molar-refractivity contribution >= 4 is 28.5 Å². The van der Waals surface area contributed by atoms with E-state index in [1.807, 2.05) is 0 Å². The van der Waals surface area contributed by atoms with E-state index >= 15 is 0 Å². The van der Waals surface area contributed by atoms with Crippen LogP contribution in [0.1, 0.15) is 68.2 Å². The summed E-state index contributed by atoms with van der Waals surface area (Å²) in [7, 11) is 3.51. The number of nitrogens with zero attached hydrogens (tertiary/aromatic N) is 3. The van der Waals surface area contributed by atoms with E-state index in [4.69, 9.17) is 9.47 Å². The van der Waals surface area contributed by atoms with Gasteiger partial charge in [0.05, 0.1) is 19.8 Å². The van der Waals surface area contributed by atoms with Crippen LogP contribution >= 0.6 is 0 Å². The lowest BCUT2D eigenvalue weighted by Crippen LogP contribution is -2.35. The first-order valence-electron chi connectivity index (χ1n) is 13.0. The molecule has 5 rings (SSSR count). The summed E-state index contributed by atoms with van der Waals surface area (Å²) in [6.45, 7) is 8.73. The molecule has 1 aromatic carbocycles. The second-order valence-electron chi connectivity index (χ2n) is 10.2. The average molecular weight is 475 g/mol. The van der Waals surface area contributed by atoms with E-state index in [2.05, 4.69) is 64.1 Å². The summed E-state index contributed by atoms with van der Waals surface area (Å²) in [4.78, 5) is 15.3. The first-order chi connectivity index (χ1) is 17.1. The molecular formula is C29H38N4O2. The number of piperidine rings is 1. The fraction of sp³-hybridized carbons (Fsp3) is 0.517. The minimum atomic E-state index is 0.106. The minimum absolute atomic E-state index is 0.106. The Morgan fingerprint density at radius 1 is 1.14 bits per heavy atom. The van der Waals surface area contributed by atoms with Crippen LogP contribution in [-0.4, -0.2) is 68.4 Å². The van der Waals surface area contributed by atoms with Crippen molar-refractivity contribution in [3.63, 3.8) is 0 Å². The highest BCUT2D eigenvalue weighted by Crippen LogP contribution is 2.38. The summed E-state index contributed by atoms with van der Waals surface area (Å²) >= 11 is 0. The van der Waals surface area contributed by atoms with Gasteiger partial charge in [-0.25, -0.2) is 4.99 Å². The molecule has 6 heteroatoms. The largest absolute Gasteiger partial charge is 0.495 e. The fourth-order valence-corrected chi connectivity index (χ4v) is 5.80. The van der Waals surface area contributed by atoms with E-state index < -0.39 is 0 Å². The number of hydrogen-bond acceptors (Lipinski definition) is 5. The summed E-state index contributed by atoms with van der Waals surface area (Å²) in [5, 5.41) is 1.35. The van der Waals surface area contributed by atoms with E-state index in [1.54, 1.807) is 20.6 Å². The van der Waals surface area contributed by atoms with E-state index in [0.29, 0.717) is 11.8 Å². The molecule has 186 valence electrons. The molecule has 2 aromatic rings. The Morgan fingerprint density at radius 3 is 2.71 bits per heavy atom. The van der Waals surface area contributed by atoms with Crippen LogP contribution in [0.25, 0.3) is 16.5 Å². The van der Waals surface area contributed by atoms with Crippen LogP contribution in [0.3, 0.4) is 0 Å². The maximum Gasteiger partial charge on any atom is 0.143 e. The molecule has 1 fully saturated rings. The molecule has 3 heterocycles. The highest BCUT2D eigenvalue weighted by atomic mass is 16.5. The number of methoxy groups -OCH3 is 2. The van der Waals surface area contributed by atoms with Crippen molar-refractivity contribution in [1.29, 1.82) is 0 Å². The molecule has 0 spiro atoms. The fourth-order valence-electron chi connectivity index (χ4n) is 5.80. The molecule has 1 atom stereocenters. The maximum absolute atomic E-state index is 5.78. The molecular weight excluding hydrogens is 436 g/mol. The lowest BCUT2D eigenvalue weighted by molar-refractivity contribution is 0.130. The third-order valence-electron chi connectivity index (χ3n) is 7.72. The highest BCUT2D eigenvalue weighted by molar-refractivity contribution is 6.10. The highest BCUT2D eigenvalue weighted by Gasteiger charge is 2.27. The maximum atomic E-state index is 5.78. The third-order valence-corrected chi connectivity index (χ3v) is 7.72. The first kappa shape index (κ1) is 24.0. The number of H-pyrrole nitrogens is 1. The van der Waals surface area contributed by atoms with Crippen molar-refractivity contribution in [1.82, 2.24) is 9.88 Å². The SMILES string of the molecule is COCCN1CCC(c2ccc3[nH]c(C4=C/CCC5N=CN=C5/C(OC)=C\4)c(C(C)C)c3c2)CC1. The van der Waals surface area contributed by atoms with Crippen molar-refractivity contribution in [3.05, 3.63) is 52.9 Å². The predicted octanol–water partition coefficient (Wildman–Crippen LogP) is 5.68. The van der Waals surface area contributed by atoms with Gasteiger partial charge in [-0.1, -0.05) is 26.0 Å².